The van der Waals surface area contributed by atoms with Crippen LogP contribution in [0, 0.1) is 0 Å². The van der Waals surface area contributed by atoms with Crippen LogP contribution in [0.25, 0.3) is 0 Å². The van der Waals surface area contributed by atoms with E-state index in [4.69, 9.17) is 4.74 Å². The van der Waals surface area contributed by atoms with Crippen LogP contribution in [0.1, 0.15) is 12.8 Å². The molecule has 0 aromatic carbocycles. The van der Waals surface area contributed by atoms with E-state index in [2.05, 4.69) is 20.3 Å². The standard InChI is InChI=1S/C13H25N3O4/c1-14-8-11-9-16(6-7-20-11)10-12(17)15-5-3-4-13(18)19-2/h11,14H,3-10H2,1-2H3,(H,15,17). The smallest absolute Gasteiger partial charge is 0.305 e. The number of hydrogen-bond donors (Lipinski definition) is 2. The largest absolute Gasteiger partial charge is 0.469 e. The van der Waals surface area contributed by atoms with Gasteiger partial charge >= 0.3 is 5.97 Å². The second kappa shape index (κ2) is 9.68. The molecule has 1 rings (SSSR count). The first-order valence-electron chi connectivity index (χ1n) is 6.97. The Hall–Kier alpha value is -1.18. The number of likely N-dealkylation sites (N-methyl/N-ethyl adjacent to an activating group) is 1. The minimum atomic E-state index is -0.248. The van der Waals surface area contributed by atoms with Gasteiger partial charge in [-0.05, 0) is 13.5 Å². The molecule has 0 bridgehead atoms. The fraction of sp³-hybridized carbons (Fsp3) is 0.846. The van der Waals surface area contributed by atoms with Crippen LogP contribution >= 0.6 is 0 Å². The van der Waals surface area contributed by atoms with Crippen molar-refractivity contribution in [1.29, 1.82) is 0 Å². The first-order valence-corrected chi connectivity index (χ1v) is 6.97. The Morgan fingerprint density at radius 2 is 2.25 bits per heavy atom. The van der Waals surface area contributed by atoms with E-state index in [9.17, 15) is 9.59 Å². The van der Waals surface area contributed by atoms with Gasteiger partial charge in [-0.3, -0.25) is 14.5 Å². The lowest BCUT2D eigenvalue weighted by Gasteiger charge is -2.32. The summed E-state index contributed by atoms with van der Waals surface area (Å²) in [5.41, 5.74) is 0. The fourth-order valence-corrected chi connectivity index (χ4v) is 2.10. The summed E-state index contributed by atoms with van der Waals surface area (Å²) in [6.45, 7) is 3.85. The van der Waals surface area contributed by atoms with Gasteiger partial charge in [-0.1, -0.05) is 0 Å². The predicted molar refractivity (Wildman–Crippen MR) is 74.4 cm³/mol. The van der Waals surface area contributed by atoms with E-state index >= 15 is 0 Å². The zero-order chi connectivity index (χ0) is 14.8. The highest BCUT2D eigenvalue weighted by Gasteiger charge is 2.21. The van der Waals surface area contributed by atoms with Crippen molar-refractivity contribution in [3.63, 3.8) is 0 Å². The molecule has 1 unspecified atom stereocenters. The lowest BCUT2D eigenvalue weighted by atomic mass is 10.2. The Kier molecular flexibility index (Phi) is 8.17. The molecule has 1 aliphatic heterocycles. The van der Waals surface area contributed by atoms with E-state index < -0.39 is 0 Å². The van der Waals surface area contributed by atoms with E-state index in [1.54, 1.807) is 0 Å². The van der Waals surface area contributed by atoms with Gasteiger partial charge in [-0.15, -0.1) is 0 Å². The third-order valence-electron chi connectivity index (χ3n) is 3.13. The molecular formula is C13H25N3O4. The van der Waals surface area contributed by atoms with Gasteiger partial charge in [0.15, 0.2) is 0 Å². The molecule has 20 heavy (non-hydrogen) atoms. The number of carbonyl (C=O) groups excluding carboxylic acids is 2. The normalized spacial score (nSPS) is 19.6. The van der Waals surface area contributed by atoms with Crippen LogP contribution in [0.3, 0.4) is 0 Å². The van der Waals surface area contributed by atoms with Crippen LogP contribution in [0.2, 0.25) is 0 Å². The minimum Gasteiger partial charge on any atom is -0.469 e. The maximum atomic E-state index is 11.8. The molecular weight excluding hydrogens is 262 g/mol. The zero-order valence-electron chi connectivity index (χ0n) is 12.3. The Labute approximate surface area is 120 Å². The summed E-state index contributed by atoms with van der Waals surface area (Å²) in [5.74, 6) is -0.262. The molecule has 0 aromatic heterocycles. The number of methoxy groups -OCH3 is 1. The molecule has 7 nitrogen and oxygen atoms in total. The van der Waals surface area contributed by atoms with Gasteiger partial charge in [0.25, 0.3) is 0 Å². The van der Waals surface area contributed by atoms with Gasteiger partial charge < -0.3 is 20.1 Å². The zero-order valence-corrected chi connectivity index (χ0v) is 12.3. The monoisotopic (exact) mass is 287 g/mol. The minimum absolute atomic E-state index is 0.0139. The predicted octanol–water partition coefficient (Wildman–Crippen LogP) is -1.02. The third-order valence-corrected chi connectivity index (χ3v) is 3.13. The first-order chi connectivity index (χ1) is 9.65. The Bertz CT molecular complexity index is 310. The number of nitrogens with zero attached hydrogens (tertiary/aromatic N) is 1. The van der Waals surface area contributed by atoms with Crippen molar-refractivity contribution < 1.29 is 19.1 Å². The molecule has 2 N–H and O–H groups in total. The molecule has 7 heteroatoms. The number of amides is 1. The topological polar surface area (TPSA) is 79.9 Å². The van der Waals surface area contributed by atoms with Crippen molar-refractivity contribution in [3.05, 3.63) is 0 Å². The van der Waals surface area contributed by atoms with E-state index in [1.165, 1.54) is 7.11 Å². The van der Waals surface area contributed by atoms with E-state index in [1.807, 2.05) is 7.05 Å². The van der Waals surface area contributed by atoms with E-state index in [0.29, 0.717) is 32.5 Å². The second-order valence-electron chi connectivity index (χ2n) is 4.82. The maximum absolute atomic E-state index is 11.8. The Morgan fingerprint density at radius 1 is 1.45 bits per heavy atom. The Balaban J connectivity index is 2.13. The summed E-state index contributed by atoms with van der Waals surface area (Å²) in [4.78, 5) is 24.8. The molecule has 1 atom stereocenters. The third kappa shape index (κ3) is 6.83. The highest BCUT2D eigenvalue weighted by Crippen LogP contribution is 2.03. The highest BCUT2D eigenvalue weighted by molar-refractivity contribution is 5.78. The van der Waals surface area contributed by atoms with Crippen molar-refractivity contribution in [2.24, 2.45) is 0 Å². The molecule has 1 heterocycles. The summed E-state index contributed by atoms with van der Waals surface area (Å²) in [5, 5.41) is 5.88. The number of carbonyl (C=O) groups is 2. The van der Waals surface area contributed by atoms with Crippen LogP contribution in [-0.4, -0.2) is 76.4 Å². The number of morpholine rings is 1. The second-order valence-corrected chi connectivity index (χ2v) is 4.82. The number of ether oxygens (including phenoxy) is 2. The first kappa shape index (κ1) is 16.9. The van der Waals surface area contributed by atoms with E-state index in [-0.39, 0.29) is 18.0 Å². The summed E-state index contributed by atoms with van der Waals surface area (Å²) >= 11 is 0. The molecule has 0 radical (unpaired) electrons. The number of rotatable bonds is 8. The molecule has 1 fully saturated rings. The SMILES string of the molecule is CNCC1CN(CC(=O)NCCCC(=O)OC)CCO1. The van der Waals surface area contributed by atoms with Gasteiger partial charge in [0.1, 0.15) is 0 Å². The summed E-state index contributed by atoms with van der Waals surface area (Å²) < 4.78 is 10.1. The van der Waals surface area contributed by atoms with Crippen molar-refractivity contribution in [3.8, 4) is 0 Å². The number of esters is 1. The molecule has 0 saturated carbocycles. The Morgan fingerprint density at radius 3 is 2.95 bits per heavy atom. The van der Waals surface area contributed by atoms with Crippen LogP contribution < -0.4 is 10.6 Å². The van der Waals surface area contributed by atoms with Crippen molar-refractivity contribution in [2.75, 3.05) is 53.5 Å². The number of nitrogens with one attached hydrogen (secondary N) is 2. The van der Waals surface area contributed by atoms with Gasteiger partial charge in [0.05, 0.1) is 26.4 Å². The van der Waals surface area contributed by atoms with Gasteiger partial charge in [-0.2, -0.15) is 0 Å². The van der Waals surface area contributed by atoms with Gasteiger partial charge in [0.2, 0.25) is 5.91 Å². The number of hydrogen-bond acceptors (Lipinski definition) is 6. The van der Waals surface area contributed by atoms with E-state index in [0.717, 1.165) is 19.6 Å². The lowest BCUT2D eigenvalue weighted by Crippen LogP contribution is -2.49. The molecule has 1 amide bonds. The van der Waals surface area contributed by atoms with Crippen molar-refractivity contribution >= 4 is 11.9 Å². The van der Waals surface area contributed by atoms with Gasteiger partial charge in [0, 0.05) is 32.6 Å². The van der Waals surface area contributed by atoms with Gasteiger partial charge in [-0.25, -0.2) is 0 Å². The molecule has 0 spiro atoms. The fourth-order valence-electron chi connectivity index (χ4n) is 2.10. The average molecular weight is 287 g/mol. The average Bonchev–Trinajstić information content (AvgIpc) is 2.44. The quantitative estimate of drug-likeness (QED) is 0.439. The highest BCUT2D eigenvalue weighted by atomic mass is 16.5. The molecule has 1 aliphatic rings. The van der Waals surface area contributed by atoms with Crippen LogP contribution in [0.15, 0.2) is 0 Å². The lowest BCUT2D eigenvalue weighted by molar-refractivity contribution is -0.140. The molecule has 1 saturated heterocycles. The van der Waals surface area contributed by atoms with Crippen LogP contribution in [0.4, 0.5) is 0 Å². The van der Waals surface area contributed by atoms with Crippen LogP contribution in [-0.2, 0) is 19.1 Å². The van der Waals surface area contributed by atoms with Crippen molar-refractivity contribution in [2.45, 2.75) is 18.9 Å². The van der Waals surface area contributed by atoms with Crippen LogP contribution in [0.5, 0.6) is 0 Å². The molecule has 116 valence electrons. The molecule has 0 aromatic rings. The summed E-state index contributed by atoms with van der Waals surface area (Å²) in [7, 11) is 3.25. The van der Waals surface area contributed by atoms with Crippen molar-refractivity contribution in [1.82, 2.24) is 15.5 Å². The molecule has 0 aliphatic carbocycles. The summed E-state index contributed by atoms with van der Waals surface area (Å²) in [6, 6.07) is 0. The summed E-state index contributed by atoms with van der Waals surface area (Å²) in [6.07, 6.45) is 1.07. The maximum Gasteiger partial charge on any atom is 0.305 e.